The molecule has 1 heterocycles. The third-order valence-corrected chi connectivity index (χ3v) is 4.28. The van der Waals surface area contributed by atoms with E-state index in [1.807, 2.05) is 36.4 Å². The van der Waals surface area contributed by atoms with Gasteiger partial charge in [0, 0.05) is 23.9 Å². The molecule has 25 heavy (non-hydrogen) atoms. The van der Waals surface area contributed by atoms with Crippen molar-refractivity contribution in [2.45, 2.75) is 13.0 Å². The minimum Gasteiger partial charge on any atom is -0.312 e. The van der Waals surface area contributed by atoms with Gasteiger partial charge < -0.3 is 5.32 Å². The number of hydrogen-bond acceptors (Lipinski definition) is 2. The van der Waals surface area contributed by atoms with E-state index in [9.17, 15) is 8.78 Å². The number of rotatable bonds is 6. The fourth-order valence-corrected chi connectivity index (χ4v) is 2.79. The quantitative estimate of drug-likeness (QED) is 0.494. The van der Waals surface area contributed by atoms with E-state index in [1.54, 1.807) is 12.3 Å². The van der Waals surface area contributed by atoms with Gasteiger partial charge in [-0.1, -0.05) is 54.1 Å². The smallest absolute Gasteiger partial charge is 0.163 e. The lowest BCUT2D eigenvalue weighted by molar-refractivity contribution is 0.493. The first-order chi connectivity index (χ1) is 12.1. The van der Waals surface area contributed by atoms with Crippen LogP contribution in [0.3, 0.4) is 0 Å². The number of benzene rings is 2. The van der Waals surface area contributed by atoms with Gasteiger partial charge in [-0.05, 0) is 36.2 Å². The molecule has 3 aromatic rings. The van der Waals surface area contributed by atoms with Gasteiger partial charge in [-0.15, -0.1) is 0 Å². The number of nitrogens with zero attached hydrogens (tertiary/aromatic N) is 1. The van der Waals surface area contributed by atoms with Crippen LogP contribution in [0, 0.1) is 11.6 Å². The fraction of sp³-hybridized carbons (Fsp3) is 0.150. The van der Waals surface area contributed by atoms with E-state index in [2.05, 4.69) is 10.3 Å². The molecule has 0 saturated carbocycles. The summed E-state index contributed by atoms with van der Waals surface area (Å²) >= 11 is 6.18. The van der Waals surface area contributed by atoms with Gasteiger partial charge in [0.15, 0.2) is 11.6 Å². The molecule has 0 bridgehead atoms. The Hall–Kier alpha value is -2.30. The molecule has 2 nitrogen and oxygen atoms in total. The zero-order valence-electron chi connectivity index (χ0n) is 13.5. The van der Waals surface area contributed by atoms with Gasteiger partial charge in [-0.3, -0.25) is 0 Å². The molecule has 0 radical (unpaired) electrons. The second-order valence-electron chi connectivity index (χ2n) is 5.68. The van der Waals surface area contributed by atoms with Crippen LogP contribution in [0.25, 0.3) is 11.1 Å². The minimum absolute atomic E-state index is 0.257. The average molecular weight is 359 g/mol. The first-order valence-electron chi connectivity index (χ1n) is 7.98. The summed E-state index contributed by atoms with van der Waals surface area (Å²) in [6, 6.07) is 16.1. The molecular formula is C20H17ClF2N2. The van der Waals surface area contributed by atoms with E-state index < -0.39 is 11.6 Å². The molecule has 2 aromatic carbocycles. The third kappa shape index (κ3) is 4.41. The number of nitrogens with one attached hydrogen (secondary N) is 1. The third-order valence-electron chi connectivity index (χ3n) is 3.94. The van der Waals surface area contributed by atoms with Crippen LogP contribution in [0.1, 0.15) is 11.1 Å². The minimum atomic E-state index is -0.831. The lowest BCUT2D eigenvalue weighted by Gasteiger charge is -2.09. The van der Waals surface area contributed by atoms with Crippen LogP contribution in [0.5, 0.6) is 0 Å². The van der Waals surface area contributed by atoms with Crippen molar-refractivity contribution >= 4 is 11.6 Å². The molecule has 1 aromatic heterocycles. The van der Waals surface area contributed by atoms with Crippen molar-refractivity contribution in [1.29, 1.82) is 0 Å². The summed E-state index contributed by atoms with van der Waals surface area (Å²) in [5.41, 5.74) is 3.29. The topological polar surface area (TPSA) is 24.9 Å². The second kappa shape index (κ2) is 8.19. The Bertz CT molecular complexity index is 854. The molecule has 0 unspecified atom stereocenters. The Kier molecular flexibility index (Phi) is 5.74. The standard InChI is InChI=1S/C20H17ClF2N2/c21-20-15(11-17(13-25-20)14-5-2-1-3-6-14)9-10-24-12-16-7-4-8-18(22)19(16)23/h1-8,11,13,24H,9-10,12H2. The lowest BCUT2D eigenvalue weighted by atomic mass is 10.0. The van der Waals surface area contributed by atoms with E-state index in [0.717, 1.165) is 22.8 Å². The van der Waals surface area contributed by atoms with E-state index in [-0.39, 0.29) is 6.54 Å². The largest absolute Gasteiger partial charge is 0.312 e. The van der Waals surface area contributed by atoms with E-state index in [0.29, 0.717) is 23.7 Å². The first kappa shape index (κ1) is 17.5. The number of pyridine rings is 1. The molecule has 0 atom stereocenters. The summed E-state index contributed by atoms with van der Waals surface area (Å²) in [6.07, 6.45) is 2.39. The highest BCUT2D eigenvalue weighted by molar-refractivity contribution is 6.30. The lowest BCUT2D eigenvalue weighted by Crippen LogP contribution is -2.18. The zero-order valence-corrected chi connectivity index (χ0v) is 14.2. The molecule has 0 spiro atoms. The van der Waals surface area contributed by atoms with Gasteiger partial charge >= 0.3 is 0 Å². The van der Waals surface area contributed by atoms with Gasteiger partial charge in [-0.25, -0.2) is 13.8 Å². The van der Waals surface area contributed by atoms with Crippen molar-refractivity contribution in [3.8, 4) is 11.1 Å². The van der Waals surface area contributed by atoms with Crippen LogP contribution in [0.2, 0.25) is 5.15 Å². The molecule has 3 rings (SSSR count). The number of halogens is 3. The van der Waals surface area contributed by atoms with Gasteiger partial charge in [0.05, 0.1) is 0 Å². The van der Waals surface area contributed by atoms with Gasteiger partial charge in [0.25, 0.3) is 0 Å². The van der Waals surface area contributed by atoms with E-state index in [1.165, 1.54) is 6.07 Å². The highest BCUT2D eigenvalue weighted by Gasteiger charge is 2.08. The molecule has 0 aliphatic carbocycles. The van der Waals surface area contributed by atoms with Gasteiger partial charge in [0.2, 0.25) is 0 Å². The summed E-state index contributed by atoms with van der Waals surface area (Å²) in [5.74, 6) is -1.64. The van der Waals surface area contributed by atoms with Crippen molar-refractivity contribution in [3.63, 3.8) is 0 Å². The predicted molar refractivity (Wildman–Crippen MR) is 96.5 cm³/mol. The summed E-state index contributed by atoms with van der Waals surface area (Å²) in [4.78, 5) is 4.25. The Balaban J connectivity index is 1.62. The summed E-state index contributed by atoms with van der Waals surface area (Å²) < 4.78 is 26.8. The highest BCUT2D eigenvalue weighted by atomic mass is 35.5. The summed E-state index contributed by atoms with van der Waals surface area (Å²) in [7, 11) is 0. The second-order valence-corrected chi connectivity index (χ2v) is 6.04. The maximum Gasteiger partial charge on any atom is 0.163 e. The van der Waals surface area contributed by atoms with E-state index >= 15 is 0 Å². The van der Waals surface area contributed by atoms with Crippen molar-refractivity contribution in [3.05, 3.63) is 88.7 Å². The van der Waals surface area contributed by atoms with Crippen LogP contribution in [-0.4, -0.2) is 11.5 Å². The van der Waals surface area contributed by atoms with Crippen molar-refractivity contribution < 1.29 is 8.78 Å². The van der Waals surface area contributed by atoms with Crippen LogP contribution in [0.4, 0.5) is 8.78 Å². The Morgan fingerprint density at radius 3 is 2.52 bits per heavy atom. The van der Waals surface area contributed by atoms with Crippen molar-refractivity contribution in [2.24, 2.45) is 0 Å². The predicted octanol–water partition coefficient (Wildman–Crippen LogP) is 5.01. The average Bonchev–Trinajstić information content (AvgIpc) is 2.64. The molecule has 0 saturated heterocycles. The van der Waals surface area contributed by atoms with Crippen molar-refractivity contribution in [1.82, 2.24) is 10.3 Å². The molecular weight excluding hydrogens is 342 g/mol. The first-order valence-corrected chi connectivity index (χ1v) is 8.36. The summed E-state index contributed by atoms with van der Waals surface area (Å²) in [6.45, 7) is 0.836. The van der Waals surface area contributed by atoms with Crippen LogP contribution in [0.15, 0.2) is 60.8 Å². The molecule has 0 amide bonds. The monoisotopic (exact) mass is 358 g/mol. The zero-order chi connectivity index (χ0) is 17.6. The highest BCUT2D eigenvalue weighted by Crippen LogP contribution is 2.23. The Morgan fingerprint density at radius 2 is 1.72 bits per heavy atom. The van der Waals surface area contributed by atoms with Crippen LogP contribution in [-0.2, 0) is 13.0 Å². The normalized spacial score (nSPS) is 10.8. The Labute approximate surface area is 150 Å². The molecule has 0 fully saturated rings. The van der Waals surface area contributed by atoms with Crippen LogP contribution >= 0.6 is 11.6 Å². The summed E-state index contributed by atoms with van der Waals surface area (Å²) in [5, 5.41) is 3.57. The molecule has 5 heteroatoms. The van der Waals surface area contributed by atoms with E-state index in [4.69, 9.17) is 11.6 Å². The number of hydrogen-bond donors (Lipinski definition) is 1. The van der Waals surface area contributed by atoms with Crippen LogP contribution < -0.4 is 5.32 Å². The molecule has 1 N–H and O–H groups in total. The molecule has 128 valence electrons. The van der Waals surface area contributed by atoms with Gasteiger partial charge in [-0.2, -0.15) is 0 Å². The maximum atomic E-state index is 13.6. The fourth-order valence-electron chi connectivity index (χ4n) is 2.59. The SMILES string of the molecule is Fc1cccc(CNCCc2cc(-c3ccccc3)cnc2Cl)c1F. The molecule has 0 aliphatic rings. The number of aromatic nitrogens is 1. The molecule has 0 aliphatic heterocycles. The maximum absolute atomic E-state index is 13.6. The van der Waals surface area contributed by atoms with Crippen molar-refractivity contribution in [2.75, 3.05) is 6.54 Å². The van der Waals surface area contributed by atoms with Gasteiger partial charge in [0.1, 0.15) is 5.15 Å². The Morgan fingerprint density at radius 1 is 0.920 bits per heavy atom.